The number of rotatable bonds is 4. The summed E-state index contributed by atoms with van der Waals surface area (Å²) in [5.74, 6) is 0.456. The summed E-state index contributed by atoms with van der Waals surface area (Å²) >= 11 is 6.16. The number of halogens is 1. The largest absolute Gasteiger partial charge is 0.340 e. The molecule has 0 N–H and O–H groups in total. The molecule has 1 heterocycles. The van der Waals surface area contributed by atoms with Gasteiger partial charge in [-0.05, 0) is 76.3 Å². The second-order valence-corrected chi connectivity index (χ2v) is 7.68. The average molecular weight is 356 g/mol. The van der Waals surface area contributed by atoms with Crippen molar-refractivity contribution >= 4 is 17.3 Å². The van der Waals surface area contributed by atoms with Gasteiger partial charge >= 0.3 is 0 Å². The van der Waals surface area contributed by atoms with E-state index in [1.165, 1.54) is 50.4 Å². The van der Waals surface area contributed by atoms with Crippen molar-refractivity contribution in [2.45, 2.75) is 48.5 Å². The van der Waals surface area contributed by atoms with E-state index in [-0.39, 0.29) is 0 Å². The molecule has 0 saturated heterocycles. The number of aryl methyl sites for hydroxylation is 3. The zero-order valence-electron chi connectivity index (χ0n) is 16.7. The van der Waals surface area contributed by atoms with Gasteiger partial charge in [-0.15, -0.1) is 11.6 Å². The lowest BCUT2D eigenvalue weighted by molar-refractivity contribution is 1.01. The zero-order chi connectivity index (χ0) is 18.9. The van der Waals surface area contributed by atoms with Gasteiger partial charge in [0.2, 0.25) is 0 Å². The lowest BCUT2D eigenvalue weighted by Crippen LogP contribution is -2.20. The molecule has 0 spiro atoms. The van der Waals surface area contributed by atoms with Crippen LogP contribution in [-0.4, -0.2) is 12.4 Å². The van der Waals surface area contributed by atoms with E-state index in [1.807, 2.05) is 0 Å². The SMILES string of the molecule is C=C(CCl)C1=C(C)N(c2c(C)cc(C)cc2C)C/C1=C(/C)C=C(C)C. The Hall–Kier alpha value is -1.73. The van der Waals surface area contributed by atoms with E-state index in [9.17, 15) is 0 Å². The highest BCUT2D eigenvalue weighted by Gasteiger charge is 2.29. The minimum atomic E-state index is 0.456. The van der Waals surface area contributed by atoms with Gasteiger partial charge in [0.15, 0.2) is 0 Å². The third kappa shape index (κ3) is 3.93. The van der Waals surface area contributed by atoms with Crippen molar-refractivity contribution in [2.75, 3.05) is 17.3 Å². The summed E-state index contributed by atoms with van der Waals surface area (Å²) in [5, 5.41) is 0. The Morgan fingerprint density at radius 2 is 1.68 bits per heavy atom. The van der Waals surface area contributed by atoms with Gasteiger partial charge in [0.1, 0.15) is 0 Å². The highest BCUT2D eigenvalue weighted by Crippen LogP contribution is 2.40. The molecule has 0 bridgehead atoms. The lowest BCUT2D eigenvalue weighted by atomic mass is 9.96. The first kappa shape index (κ1) is 19.6. The van der Waals surface area contributed by atoms with Crippen LogP contribution in [0.2, 0.25) is 0 Å². The van der Waals surface area contributed by atoms with Crippen LogP contribution in [0.15, 0.2) is 58.4 Å². The molecule has 0 aromatic heterocycles. The first-order chi connectivity index (χ1) is 11.7. The van der Waals surface area contributed by atoms with E-state index in [1.54, 1.807) is 0 Å². The third-order valence-corrected chi connectivity index (χ3v) is 5.11. The minimum Gasteiger partial charge on any atom is -0.340 e. The van der Waals surface area contributed by atoms with Crippen molar-refractivity contribution in [1.82, 2.24) is 0 Å². The predicted octanol–water partition coefficient (Wildman–Crippen LogP) is 6.78. The van der Waals surface area contributed by atoms with E-state index < -0.39 is 0 Å². The van der Waals surface area contributed by atoms with Crippen LogP contribution in [0, 0.1) is 20.8 Å². The van der Waals surface area contributed by atoms with Crippen molar-refractivity contribution in [3.63, 3.8) is 0 Å². The maximum atomic E-state index is 6.16. The molecule has 1 nitrogen and oxygen atoms in total. The molecule has 0 atom stereocenters. The van der Waals surface area contributed by atoms with Crippen molar-refractivity contribution in [1.29, 1.82) is 0 Å². The molecule has 1 aliphatic rings. The smallest absolute Gasteiger partial charge is 0.0488 e. The average Bonchev–Trinajstić information content (AvgIpc) is 2.82. The fourth-order valence-electron chi connectivity index (χ4n) is 3.93. The standard InChI is InChI=1S/C23H30ClN/c1-14(2)9-16(4)21-13-25(20(8)22(21)19(7)12-24)23-17(5)10-15(3)11-18(23)6/h9-11H,7,12-13H2,1-6,8H3/b21-16+. The van der Waals surface area contributed by atoms with Crippen LogP contribution < -0.4 is 4.90 Å². The fourth-order valence-corrected chi connectivity index (χ4v) is 4.07. The molecule has 1 aromatic carbocycles. The molecular weight excluding hydrogens is 326 g/mol. The third-order valence-electron chi connectivity index (χ3n) is 4.79. The zero-order valence-corrected chi connectivity index (χ0v) is 17.4. The van der Waals surface area contributed by atoms with E-state index in [0.717, 1.165) is 12.1 Å². The first-order valence-electron chi connectivity index (χ1n) is 8.82. The summed E-state index contributed by atoms with van der Waals surface area (Å²) in [6, 6.07) is 4.52. The van der Waals surface area contributed by atoms with Crippen LogP contribution in [0.1, 0.15) is 44.4 Å². The maximum absolute atomic E-state index is 6.16. The lowest BCUT2D eigenvalue weighted by Gasteiger charge is -2.25. The second-order valence-electron chi connectivity index (χ2n) is 7.41. The van der Waals surface area contributed by atoms with Gasteiger partial charge in [0.25, 0.3) is 0 Å². The Balaban J connectivity index is 2.67. The van der Waals surface area contributed by atoms with Crippen LogP contribution in [0.5, 0.6) is 0 Å². The molecule has 1 aliphatic heterocycles. The number of nitrogens with zero attached hydrogens (tertiary/aromatic N) is 1. The molecule has 0 saturated carbocycles. The molecule has 0 aliphatic carbocycles. The van der Waals surface area contributed by atoms with Crippen LogP contribution >= 0.6 is 11.6 Å². The summed E-state index contributed by atoms with van der Waals surface area (Å²) in [6.45, 7) is 20.3. The molecule has 0 fully saturated rings. The molecule has 0 radical (unpaired) electrons. The van der Waals surface area contributed by atoms with Crippen molar-refractivity contribution in [3.05, 3.63) is 75.0 Å². The van der Waals surface area contributed by atoms with E-state index >= 15 is 0 Å². The summed E-state index contributed by atoms with van der Waals surface area (Å²) in [4.78, 5) is 2.43. The molecular formula is C23H30ClN. The Kier molecular flexibility index (Phi) is 6.00. The topological polar surface area (TPSA) is 3.24 Å². The van der Waals surface area contributed by atoms with Gasteiger partial charge in [0, 0.05) is 29.4 Å². The number of hydrogen-bond donors (Lipinski definition) is 0. The van der Waals surface area contributed by atoms with Gasteiger partial charge in [-0.25, -0.2) is 0 Å². The summed E-state index contributed by atoms with van der Waals surface area (Å²) in [7, 11) is 0. The molecule has 2 rings (SSSR count). The van der Waals surface area contributed by atoms with Gasteiger partial charge in [0.05, 0.1) is 0 Å². The number of benzene rings is 1. The van der Waals surface area contributed by atoms with Gasteiger partial charge in [-0.1, -0.05) is 35.9 Å². The predicted molar refractivity (Wildman–Crippen MR) is 113 cm³/mol. The number of anilines is 1. The van der Waals surface area contributed by atoms with Gasteiger partial charge in [-0.3, -0.25) is 0 Å². The summed E-state index contributed by atoms with van der Waals surface area (Å²) < 4.78 is 0. The van der Waals surface area contributed by atoms with Crippen molar-refractivity contribution < 1.29 is 0 Å². The van der Waals surface area contributed by atoms with Crippen molar-refractivity contribution in [2.24, 2.45) is 0 Å². The Labute approximate surface area is 158 Å². The molecule has 0 unspecified atom stereocenters. The molecule has 1 aromatic rings. The van der Waals surface area contributed by atoms with Crippen LogP contribution in [0.3, 0.4) is 0 Å². The van der Waals surface area contributed by atoms with Crippen LogP contribution in [0.25, 0.3) is 0 Å². The van der Waals surface area contributed by atoms with E-state index in [0.29, 0.717) is 5.88 Å². The van der Waals surface area contributed by atoms with Gasteiger partial charge < -0.3 is 4.90 Å². The molecule has 134 valence electrons. The van der Waals surface area contributed by atoms with Crippen LogP contribution in [0.4, 0.5) is 5.69 Å². The van der Waals surface area contributed by atoms with Crippen molar-refractivity contribution in [3.8, 4) is 0 Å². The van der Waals surface area contributed by atoms with E-state index in [4.69, 9.17) is 11.6 Å². The number of allylic oxidation sites excluding steroid dienone is 5. The quantitative estimate of drug-likeness (QED) is 0.538. The van der Waals surface area contributed by atoms with Gasteiger partial charge in [-0.2, -0.15) is 0 Å². The Morgan fingerprint density at radius 1 is 1.12 bits per heavy atom. The highest BCUT2D eigenvalue weighted by atomic mass is 35.5. The Morgan fingerprint density at radius 3 is 2.16 bits per heavy atom. The fraction of sp³-hybridized carbons (Fsp3) is 0.391. The van der Waals surface area contributed by atoms with E-state index in [2.05, 4.69) is 78.2 Å². The molecule has 0 amide bonds. The maximum Gasteiger partial charge on any atom is 0.0488 e. The highest BCUT2D eigenvalue weighted by molar-refractivity contribution is 6.20. The Bertz CT molecular complexity index is 778. The second kappa shape index (κ2) is 7.66. The summed E-state index contributed by atoms with van der Waals surface area (Å²) in [6.07, 6.45) is 2.25. The minimum absolute atomic E-state index is 0.456. The number of alkyl halides is 1. The normalized spacial score (nSPS) is 16.4. The monoisotopic (exact) mass is 355 g/mol. The summed E-state index contributed by atoms with van der Waals surface area (Å²) in [5.41, 5.74) is 12.7. The van der Waals surface area contributed by atoms with Crippen LogP contribution in [-0.2, 0) is 0 Å². The molecule has 25 heavy (non-hydrogen) atoms. The number of hydrogen-bond acceptors (Lipinski definition) is 1. The molecule has 2 heteroatoms. The first-order valence-corrected chi connectivity index (χ1v) is 9.36.